The van der Waals surface area contributed by atoms with E-state index < -0.39 is 0 Å². The molecule has 2 aliphatic heterocycles. The van der Waals surface area contributed by atoms with E-state index in [4.69, 9.17) is 25.8 Å². The first-order valence-corrected chi connectivity index (χ1v) is 12.4. The summed E-state index contributed by atoms with van der Waals surface area (Å²) >= 11 is 6.37. The van der Waals surface area contributed by atoms with E-state index in [9.17, 15) is 4.79 Å². The van der Waals surface area contributed by atoms with Crippen molar-refractivity contribution in [1.82, 2.24) is 20.2 Å². The Kier molecular flexibility index (Phi) is 7.04. The molecule has 2 atom stereocenters. The fraction of sp³-hybridized carbons (Fsp3) is 0.385. The summed E-state index contributed by atoms with van der Waals surface area (Å²) in [7, 11) is 3.64. The number of pyridine rings is 1. The van der Waals surface area contributed by atoms with E-state index >= 15 is 0 Å². The highest BCUT2D eigenvalue weighted by Gasteiger charge is 2.30. The highest BCUT2D eigenvalue weighted by Crippen LogP contribution is 2.43. The molecular formula is C26H30ClN5O4. The predicted molar refractivity (Wildman–Crippen MR) is 139 cm³/mol. The van der Waals surface area contributed by atoms with Gasteiger partial charge in [0.15, 0.2) is 5.75 Å². The predicted octanol–water partition coefficient (Wildman–Crippen LogP) is 3.87. The molecule has 0 radical (unpaired) electrons. The van der Waals surface area contributed by atoms with Gasteiger partial charge in [0, 0.05) is 43.5 Å². The second kappa shape index (κ2) is 10.4. The molecule has 2 aromatic heterocycles. The number of halogens is 1. The number of nitrogens with one attached hydrogen (secondary N) is 3. The lowest BCUT2D eigenvalue weighted by molar-refractivity contribution is -0.0689. The average Bonchev–Trinajstić information content (AvgIpc) is 3.24. The first kappa shape index (κ1) is 24.4. The Bertz CT molecular complexity index is 1260. The van der Waals surface area contributed by atoms with Crippen LogP contribution in [-0.2, 0) is 11.2 Å². The van der Waals surface area contributed by atoms with Crippen LogP contribution in [0.25, 0.3) is 11.3 Å². The van der Waals surface area contributed by atoms with Crippen LogP contribution in [0, 0.1) is 0 Å². The van der Waals surface area contributed by atoms with Crippen molar-refractivity contribution in [3.8, 4) is 22.8 Å². The Morgan fingerprint density at radius 3 is 3.00 bits per heavy atom. The van der Waals surface area contributed by atoms with Gasteiger partial charge < -0.3 is 34.7 Å². The molecule has 0 spiro atoms. The van der Waals surface area contributed by atoms with Gasteiger partial charge in [0.25, 0.3) is 5.91 Å². The topological polar surface area (TPSA) is 101 Å². The second-order valence-corrected chi connectivity index (χ2v) is 9.45. The molecule has 1 unspecified atom stereocenters. The number of amides is 1. The van der Waals surface area contributed by atoms with Crippen molar-refractivity contribution in [2.24, 2.45) is 0 Å². The third-order valence-electron chi connectivity index (χ3n) is 6.58. The largest absolute Gasteiger partial charge is 0.493 e. The number of hydrogen-bond donors (Lipinski definition) is 3. The van der Waals surface area contributed by atoms with Gasteiger partial charge in [-0.2, -0.15) is 0 Å². The molecule has 4 heterocycles. The van der Waals surface area contributed by atoms with Crippen LogP contribution < -0.4 is 20.1 Å². The van der Waals surface area contributed by atoms with Crippen LogP contribution in [0.1, 0.15) is 23.0 Å². The first-order valence-electron chi connectivity index (χ1n) is 12.0. The van der Waals surface area contributed by atoms with E-state index in [0.717, 1.165) is 30.0 Å². The summed E-state index contributed by atoms with van der Waals surface area (Å²) in [5, 5.41) is 6.82. The summed E-state index contributed by atoms with van der Waals surface area (Å²) < 4.78 is 17.9. The van der Waals surface area contributed by atoms with Gasteiger partial charge >= 0.3 is 0 Å². The van der Waals surface area contributed by atoms with Gasteiger partial charge in [-0.05, 0) is 32.2 Å². The third kappa shape index (κ3) is 4.74. The quantitative estimate of drug-likeness (QED) is 0.442. The molecule has 0 aliphatic carbocycles. The third-order valence-corrected chi connectivity index (χ3v) is 6.88. The van der Waals surface area contributed by atoms with Gasteiger partial charge in [-0.1, -0.05) is 17.7 Å². The highest BCUT2D eigenvalue weighted by atomic mass is 35.5. The molecule has 10 heteroatoms. The van der Waals surface area contributed by atoms with Crippen molar-refractivity contribution >= 4 is 28.9 Å². The number of para-hydroxylation sites is 1. The van der Waals surface area contributed by atoms with Crippen molar-refractivity contribution in [2.75, 3.05) is 45.7 Å². The molecule has 36 heavy (non-hydrogen) atoms. The number of anilines is 2. The normalized spacial score (nSPS) is 18.8. The SMILES string of the molecule is COc1c(Cl)cccc1Nc1c(-c2ccncc2OC(C)[C@@H]2CN(C)CCO2)[nH]c2c1C(=O)NCC2. The van der Waals surface area contributed by atoms with Crippen molar-refractivity contribution in [3.05, 3.63) is 52.9 Å². The van der Waals surface area contributed by atoms with Crippen molar-refractivity contribution in [2.45, 2.75) is 25.6 Å². The number of carbonyl (C=O) groups excluding carboxylic acids is 1. The number of rotatable bonds is 7. The van der Waals surface area contributed by atoms with Gasteiger partial charge in [0.2, 0.25) is 0 Å². The van der Waals surface area contributed by atoms with Crippen LogP contribution in [0.4, 0.5) is 11.4 Å². The summed E-state index contributed by atoms with van der Waals surface area (Å²) in [4.78, 5) is 23.0. The van der Waals surface area contributed by atoms with Crippen LogP contribution in [0.5, 0.6) is 11.5 Å². The minimum atomic E-state index is -0.201. The zero-order valence-corrected chi connectivity index (χ0v) is 21.3. The molecule has 1 aromatic carbocycles. The van der Waals surface area contributed by atoms with Crippen molar-refractivity contribution in [3.63, 3.8) is 0 Å². The van der Waals surface area contributed by atoms with E-state index in [0.29, 0.717) is 53.0 Å². The minimum absolute atomic E-state index is 0.0623. The monoisotopic (exact) mass is 511 g/mol. The van der Waals surface area contributed by atoms with E-state index in [2.05, 4.69) is 32.5 Å². The average molecular weight is 512 g/mol. The Balaban J connectivity index is 1.56. The first-order chi connectivity index (χ1) is 17.5. The maximum Gasteiger partial charge on any atom is 0.255 e. The summed E-state index contributed by atoms with van der Waals surface area (Å²) in [5.41, 5.74) is 4.20. The van der Waals surface area contributed by atoms with Gasteiger partial charge in [0.05, 0.1) is 47.6 Å². The Hall–Kier alpha value is -3.27. The number of fused-ring (bicyclic) bond motifs is 1. The summed E-state index contributed by atoms with van der Waals surface area (Å²) in [6.45, 7) is 4.93. The standard InChI is InChI=1S/C26H30ClN5O4/c1-15(21-14-32(2)11-12-35-21)36-20-13-28-9-7-16(20)23-24(22-18(30-23)8-10-29-26(22)33)31-19-6-4-5-17(27)25(19)34-3/h4-7,9,13,15,21,30-31H,8,10-12,14H2,1-3H3,(H,29,33)/t15?,21-/m0/s1. The number of hydrogen-bond acceptors (Lipinski definition) is 7. The number of methoxy groups -OCH3 is 1. The van der Waals surface area contributed by atoms with Crippen LogP contribution >= 0.6 is 11.6 Å². The second-order valence-electron chi connectivity index (χ2n) is 9.05. The molecule has 1 fully saturated rings. The number of morpholine rings is 1. The number of nitrogens with zero attached hydrogens (tertiary/aromatic N) is 2. The van der Waals surface area contributed by atoms with Gasteiger partial charge in [-0.25, -0.2) is 0 Å². The number of aromatic amines is 1. The van der Waals surface area contributed by atoms with Crippen LogP contribution in [0.2, 0.25) is 5.02 Å². The van der Waals surface area contributed by atoms with Gasteiger partial charge in [-0.3, -0.25) is 9.78 Å². The molecule has 5 rings (SSSR count). The molecule has 2 aliphatic rings. The van der Waals surface area contributed by atoms with Crippen LogP contribution in [0.3, 0.4) is 0 Å². The fourth-order valence-corrected chi connectivity index (χ4v) is 4.96. The minimum Gasteiger partial charge on any atom is -0.493 e. The lowest BCUT2D eigenvalue weighted by Gasteiger charge is -2.33. The number of ether oxygens (including phenoxy) is 3. The zero-order chi connectivity index (χ0) is 25.2. The van der Waals surface area contributed by atoms with Crippen molar-refractivity contribution < 1.29 is 19.0 Å². The van der Waals surface area contributed by atoms with Crippen LogP contribution in [0.15, 0.2) is 36.7 Å². The number of H-pyrrole nitrogens is 1. The van der Waals surface area contributed by atoms with Gasteiger partial charge in [0.1, 0.15) is 18.0 Å². The number of aromatic nitrogens is 2. The van der Waals surface area contributed by atoms with E-state index in [1.54, 1.807) is 25.6 Å². The van der Waals surface area contributed by atoms with Crippen molar-refractivity contribution in [1.29, 1.82) is 0 Å². The number of likely N-dealkylation sites (N-methyl/N-ethyl adjacent to an activating group) is 1. The Morgan fingerprint density at radius 1 is 1.33 bits per heavy atom. The summed E-state index contributed by atoms with van der Waals surface area (Å²) in [6, 6.07) is 7.33. The molecule has 0 saturated carbocycles. The van der Waals surface area contributed by atoms with Gasteiger partial charge in [-0.15, -0.1) is 0 Å². The number of benzene rings is 1. The zero-order valence-electron chi connectivity index (χ0n) is 20.6. The molecule has 0 bridgehead atoms. The molecule has 190 valence electrons. The summed E-state index contributed by atoms with van der Waals surface area (Å²) in [5.74, 6) is 0.947. The maximum atomic E-state index is 13.0. The molecule has 3 aromatic rings. The van der Waals surface area contributed by atoms with Crippen LogP contribution in [-0.4, -0.2) is 73.4 Å². The Morgan fingerprint density at radius 2 is 2.19 bits per heavy atom. The fourth-order valence-electron chi connectivity index (χ4n) is 4.71. The highest BCUT2D eigenvalue weighted by molar-refractivity contribution is 6.32. The lowest BCUT2D eigenvalue weighted by Crippen LogP contribution is -2.46. The lowest BCUT2D eigenvalue weighted by atomic mass is 10.0. The molecule has 3 N–H and O–H groups in total. The van der Waals surface area contributed by atoms with E-state index in [-0.39, 0.29) is 18.1 Å². The molecular weight excluding hydrogens is 482 g/mol. The van der Waals surface area contributed by atoms with E-state index in [1.807, 2.05) is 25.1 Å². The summed E-state index contributed by atoms with van der Waals surface area (Å²) in [6.07, 6.45) is 3.83. The smallest absolute Gasteiger partial charge is 0.255 e. The molecule has 9 nitrogen and oxygen atoms in total. The Labute approximate surface area is 215 Å². The molecule has 1 saturated heterocycles. The maximum absolute atomic E-state index is 13.0. The van der Waals surface area contributed by atoms with E-state index in [1.165, 1.54) is 0 Å². The molecule has 1 amide bonds. The number of carbonyl (C=O) groups is 1.